The highest BCUT2D eigenvalue weighted by Gasteiger charge is 2.36. The van der Waals surface area contributed by atoms with E-state index < -0.39 is 5.60 Å². The van der Waals surface area contributed by atoms with Gasteiger partial charge in [-0.2, -0.15) is 0 Å². The molecule has 0 spiro atoms. The van der Waals surface area contributed by atoms with Crippen molar-refractivity contribution in [2.75, 3.05) is 25.4 Å². The number of aliphatic hydroxyl groups is 1. The second-order valence-corrected chi connectivity index (χ2v) is 5.98. The van der Waals surface area contributed by atoms with Crippen molar-refractivity contribution < 1.29 is 14.6 Å². The Kier molecular flexibility index (Phi) is 4.22. The lowest BCUT2D eigenvalue weighted by atomic mass is 10.0. The third kappa shape index (κ3) is 3.06. The second-order valence-electron chi connectivity index (χ2n) is 5.57. The molecular weight excluding hydrogens is 280 g/mol. The molecular formula is C14H19ClN2O3. The second kappa shape index (κ2) is 5.60. The molecule has 0 bridgehead atoms. The van der Waals surface area contributed by atoms with Crippen molar-refractivity contribution in [3.63, 3.8) is 0 Å². The molecule has 6 heteroatoms. The molecule has 0 radical (unpaired) electrons. The van der Waals surface area contributed by atoms with Crippen molar-refractivity contribution >= 4 is 23.2 Å². The molecule has 1 amide bonds. The van der Waals surface area contributed by atoms with Gasteiger partial charge in [0.05, 0.1) is 34.6 Å². The first-order chi connectivity index (χ1) is 9.34. The highest BCUT2D eigenvalue weighted by Crippen LogP contribution is 2.27. The Bertz CT molecular complexity index is 519. The van der Waals surface area contributed by atoms with E-state index in [1.165, 1.54) is 0 Å². The van der Waals surface area contributed by atoms with E-state index in [1.807, 2.05) is 13.8 Å². The number of anilines is 1. The Morgan fingerprint density at radius 1 is 1.60 bits per heavy atom. The number of carbonyl (C=O) groups excluding carboxylic acids is 1. The normalized spacial score (nSPS) is 21.8. The van der Waals surface area contributed by atoms with Gasteiger partial charge in [-0.15, -0.1) is 0 Å². The number of aliphatic hydroxyl groups excluding tert-OH is 1. The summed E-state index contributed by atoms with van der Waals surface area (Å²) in [6.45, 7) is 4.42. The maximum absolute atomic E-state index is 12.6. The number of rotatable bonds is 2. The Hall–Kier alpha value is -1.30. The van der Waals surface area contributed by atoms with E-state index in [4.69, 9.17) is 22.1 Å². The van der Waals surface area contributed by atoms with Crippen molar-refractivity contribution in [3.05, 3.63) is 28.8 Å². The Balaban J connectivity index is 2.26. The maximum Gasteiger partial charge on any atom is 0.256 e. The van der Waals surface area contributed by atoms with E-state index in [-0.39, 0.29) is 24.3 Å². The third-order valence-electron chi connectivity index (χ3n) is 3.26. The third-order valence-corrected chi connectivity index (χ3v) is 3.59. The molecule has 1 aliphatic rings. The lowest BCUT2D eigenvalue weighted by molar-refractivity contribution is -0.139. The van der Waals surface area contributed by atoms with E-state index >= 15 is 0 Å². The summed E-state index contributed by atoms with van der Waals surface area (Å²) in [6.07, 6.45) is -0.386. The number of para-hydroxylation sites is 1. The number of amides is 1. The van der Waals surface area contributed by atoms with Crippen LogP contribution in [0.5, 0.6) is 0 Å². The van der Waals surface area contributed by atoms with E-state index in [1.54, 1.807) is 23.1 Å². The van der Waals surface area contributed by atoms with E-state index in [9.17, 15) is 9.90 Å². The minimum Gasteiger partial charge on any atom is -0.397 e. The van der Waals surface area contributed by atoms with Crippen molar-refractivity contribution in [2.45, 2.75) is 25.6 Å². The van der Waals surface area contributed by atoms with Crippen LogP contribution in [0.4, 0.5) is 5.69 Å². The first-order valence-corrected chi connectivity index (χ1v) is 6.84. The molecule has 1 heterocycles. The largest absolute Gasteiger partial charge is 0.397 e. The number of nitrogens with zero attached hydrogens (tertiary/aromatic N) is 1. The molecule has 0 saturated carbocycles. The van der Waals surface area contributed by atoms with Gasteiger partial charge < -0.3 is 20.5 Å². The minimum atomic E-state index is -0.505. The van der Waals surface area contributed by atoms with Gasteiger partial charge >= 0.3 is 0 Å². The fourth-order valence-electron chi connectivity index (χ4n) is 2.44. The van der Waals surface area contributed by atoms with Crippen LogP contribution >= 0.6 is 11.6 Å². The fourth-order valence-corrected chi connectivity index (χ4v) is 2.61. The van der Waals surface area contributed by atoms with Crippen molar-refractivity contribution in [3.8, 4) is 0 Å². The van der Waals surface area contributed by atoms with Crippen LogP contribution in [0.3, 0.4) is 0 Å². The van der Waals surface area contributed by atoms with Crippen LogP contribution in [-0.2, 0) is 4.74 Å². The number of hydrogen-bond acceptors (Lipinski definition) is 4. The molecule has 20 heavy (non-hydrogen) atoms. The molecule has 3 N–H and O–H groups in total. The summed E-state index contributed by atoms with van der Waals surface area (Å²) >= 11 is 5.95. The van der Waals surface area contributed by atoms with Gasteiger partial charge in [0.1, 0.15) is 0 Å². The van der Waals surface area contributed by atoms with Crippen LogP contribution in [-0.4, -0.2) is 47.3 Å². The number of nitrogens with two attached hydrogens (primary N) is 1. The van der Waals surface area contributed by atoms with Crippen molar-refractivity contribution in [1.82, 2.24) is 4.90 Å². The monoisotopic (exact) mass is 298 g/mol. The number of hydrogen-bond donors (Lipinski definition) is 2. The highest BCUT2D eigenvalue weighted by atomic mass is 35.5. The van der Waals surface area contributed by atoms with Crippen LogP contribution in [0.25, 0.3) is 0 Å². The van der Waals surface area contributed by atoms with Crippen LogP contribution in [0, 0.1) is 0 Å². The van der Waals surface area contributed by atoms with Crippen LogP contribution < -0.4 is 5.73 Å². The Morgan fingerprint density at radius 2 is 2.30 bits per heavy atom. The van der Waals surface area contributed by atoms with Gasteiger partial charge in [-0.25, -0.2) is 0 Å². The first kappa shape index (κ1) is 15.1. The van der Waals surface area contributed by atoms with Crippen LogP contribution in [0.15, 0.2) is 18.2 Å². The average Bonchev–Trinajstić information content (AvgIpc) is 2.39. The SMILES string of the molecule is CC1(C)CN(C(=O)c2cccc(Cl)c2N)CC(CO)O1. The number of carbonyl (C=O) groups is 1. The molecule has 1 aliphatic heterocycles. The maximum atomic E-state index is 12.6. The van der Waals surface area contributed by atoms with Gasteiger partial charge in [-0.3, -0.25) is 4.79 Å². The zero-order valence-electron chi connectivity index (χ0n) is 11.6. The van der Waals surface area contributed by atoms with Crippen LogP contribution in [0.1, 0.15) is 24.2 Å². The molecule has 1 unspecified atom stereocenters. The lowest BCUT2D eigenvalue weighted by Gasteiger charge is -2.42. The molecule has 5 nitrogen and oxygen atoms in total. The van der Waals surface area contributed by atoms with Gasteiger partial charge in [0.25, 0.3) is 5.91 Å². The predicted molar refractivity (Wildman–Crippen MR) is 77.8 cm³/mol. The molecule has 0 aliphatic carbocycles. The van der Waals surface area contributed by atoms with Gasteiger partial charge in [-0.1, -0.05) is 17.7 Å². The Morgan fingerprint density at radius 3 is 2.95 bits per heavy atom. The van der Waals surface area contributed by atoms with Gasteiger partial charge in [0.2, 0.25) is 0 Å². The summed E-state index contributed by atoms with van der Waals surface area (Å²) in [5.41, 5.74) is 6.02. The summed E-state index contributed by atoms with van der Waals surface area (Å²) in [5.74, 6) is -0.195. The number of halogens is 1. The summed E-state index contributed by atoms with van der Waals surface area (Å²) in [6, 6.07) is 4.99. The number of morpholine rings is 1. The van der Waals surface area contributed by atoms with E-state index in [0.29, 0.717) is 23.7 Å². The predicted octanol–water partition coefficient (Wildman–Crippen LogP) is 1.53. The Labute approximate surface area is 123 Å². The summed E-state index contributed by atoms with van der Waals surface area (Å²) in [4.78, 5) is 14.2. The number of nitrogen functional groups attached to an aromatic ring is 1. The molecule has 0 aromatic heterocycles. The lowest BCUT2D eigenvalue weighted by Crippen LogP contribution is -2.55. The van der Waals surface area contributed by atoms with Gasteiger partial charge in [-0.05, 0) is 26.0 Å². The summed E-state index contributed by atoms with van der Waals surface area (Å²) in [7, 11) is 0. The van der Waals surface area contributed by atoms with E-state index in [0.717, 1.165) is 0 Å². The molecule has 2 rings (SSSR count). The van der Waals surface area contributed by atoms with Crippen molar-refractivity contribution in [1.29, 1.82) is 0 Å². The first-order valence-electron chi connectivity index (χ1n) is 6.46. The zero-order chi connectivity index (χ0) is 14.9. The summed E-state index contributed by atoms with van der Waals surface area (Å²) < 4.78 is 5.69. The minimum absolute atomic E-state index is 0.127. The molecule has 1 atom stereocenters. The standard InChI is InChI=1S/C14H19ClN2O3/c1-14(2)8-17(6-9(7-18)20-14)13(19)10-4-3-5-11(15)12(10)16/h3-5,9,18H,6-8,16H2,1-2H3. The zero-order valence-corrected chi connectivity index (χ0v) is 12.4. The van der Waals surface area contributed by atoms with Gasteiger partial charge in [0, 0.05) is 13.1 Å². The summed E-state index contributed by atoms with van der Waals surface area (Å²) in [5, 5.41) is 9.65. The fraction of sp³-hybridized carbons (Fsp3) is 0.500. The average molecular weight is 299 g/mol. The smallest absolute Gasteiger partial charge is 0.256 e. The number of ether oxygens (including phenoxy) is 1. The van der Waals surface area contributed by atoms with Crippen molar-refractivity contribution in [2.24, 2.45) is 0 Å². The molecule has 110 valence electrons. The number of benzene rings is 1. The molecule has 1 saturated heterocycles. The molecule has 1 aromatic rings. The molecule has 1 aromatic carbocycles. The van der Waals surface area contributed by atoms with Crippen LogP contribution in [0.2, 0.25) is 5.02 Å². The van der Waals surface area contributed by atoms with Gasteiger partial charge in [0.15, 0.2) is 0 Å². The quantitative estimate of drug-likeness (QED) is 0.812. The van der Waals surface area contributed by atoms with E-state index in [2.05, 4.69) is 0 Å². The highest BCUT2D eigenvalue weighted by molar-refractivity contribution is 6.33. The molecule has 1 fully saturated rings. The topological polar surface area (TPSA) is 75.8 Å².